The first kappa shape index (κ1) is 25.9. The molecule has 0 saturated carbocycles. The predicted molar refractivity (Wildman–Crippen MR) is 111 cm³/mol. The van der Waals surface area contributed by atoms with Gasteiger partial charge in [0.15, 0.2) is 0 Å². The summed E-state index contributed by atoms with van der Waals surface area (Å²) < 4.78 is 0. The monoisotopic (exact) mass is 384 g/mol. The third-order valence-electron chi connectivity index (χ3n) is 5.00. The van der Waals surface area contributed by atoms with Gasteiger partial charge in [0, 0.05) is 6.42 Å². The number of hydrogen-bond acceptors (Lipinski definition) is 4. The Balaban J connectivity index is 3.12. The smallest absolute Gasteiger partial charge is 0.247 e. The number of unbranched alkanes of at least 4 members (excludes halogenated alkanes) is 16. The van der Waals surface area contributed by atoms with Crippen molar-refractivity contribution in [2.45, 2.75) is 136 Å². The van der Waals surface area contributed by atoms with Crippen LogP contribution in [0.1, 0.15) is 136 Å². The minimum absolute atomic E-state index is 0.215. The van der Waals surface area contributed by atoms with Crippen molar-refractivity contribution in [3.05, 3.63) is 0 Å². The third-order valence-corrected chi connectivity index (χ3v) is 5.00. The second-order valence-corrected chi connectivity index (χ2v) is 7.67. The highest BCUT2D eigenvalue weighted by Gasteiger charge is 2.07. The molecule has 0 N–H and O–H groups in total. The molecule has 4 heteroatoms. The summed E-state index contributed by atoms with van der Waals surface area (Å²) in [5, 5.41) is 0. The first-order chi connectivity index (χ1) is 13.2. The van der Waals surface area contributed by atoms with Gasteiger partial charge in [0.05, 0.1) is 6.42 Å². The fourth-order valence-electron chi connectivity index (χ4n) is 3.19. The maximum absolute atomic E-state index is 11.3. The summed E-state index contributed by atoms with van der Waals surface area (Å²) in [5.41, 5.74) is 0. The molecule has 160 valence electrons. The lowest BCUT2D eigenvalue weighted by molar-refractivity contribution is -0.258. The summed E-state index contributed by atoms with van der Waals surface area (Å²) in [6.45, 7) is 3.93. The van der Waals surface area contributed by atoms with E-state index in [1.165, 1.54) is 96.3 Å². The van der Waals surface area contributed by atoms with E-state index in [1.807, 2.05) is 0 Å². The van der Waals surface area contributed by atoms with Gasteiger partial charge in [0.25, 0.3) is 0 Å². The zero-order valence-corrected chi connectivity index (χ0v) is 18.1. The molecule has 0 amide bonds. The van der Waals surface area contributed by atoms with Gasteiger partial charge in [-0.3, -0.25) is 0 Å². The quantitative estimate of drug-likeness (QED) is 0.132. The van der Waals surface area contributed by atoms with Crippen molar-refractivity contribution < 1.29 is 19.4 Å². The Morgan fingerprint density at radius 1 is 0.481 bits per heavy atom. The van der Waals surface area contributed by atoms with Crippen molar-refractivity contribution in [1.82, 2.24) is 0 Å². The highest BCUT2D eigenvalue weighted by Crippen LogP contribution is 2.14. The summed E-state index contributed by atoms with van der Waals surface area (Å²) in [6, 6.07) is 0. The molecule has 0 unspecified atom stereocenters. The first-order valence-electron chi connectivity index (χ1n) is 11.6. The Bertz CT molecular complexity index is 341. The van der Waals surface area contributed by atoms with Crippen LogP contribution >= 0.6 is 0 Å². The minimum atomic E-state index is -0.509. The van der Waals surface area contributed by atoms with Crippen molar-refractivity contribution in [3.63, 3.8) is 0 Å². The maximum Gasteiger partial charge on any atom is 0.355 e. The molecule has 0 aliphatic rings. The van der Waals surface area contributed by atoms with Crippen LogP contribution in [0.2, 0.25) is 0 Å². The summed E-state index contributed by atoms with van der Waals surface area (Å²) in [4.78, 5) is 31.0. The average molecular weight is 385 g/mol. The zero-order chi connectivity index (χ0) is 20.0. The molecule has 0 bridgehead atoms. The van der Waals surface area contributed by atoms with Crippen LogP contribution in [0.4, 0.5) is 0 Å². The Hall–Kier alpha value is -1.06. The highest BCUT2D eigenvalue weighted by atomic mass is 17.2. The molecule has 27 heavy (non-hydrogen) atoms. The van der Waals surface area contributed by atoms with Gasteiger partial charge >= 0.3 is 11.9 Å². The second kappa shape index (κ2) is 21.2. The zero-order valence-electron chi connectivity index (χ0n) is 18.1. The molecule has 0 aromatic rings. The number of carbonyl (C=O) groups is 2. The van der Waals surface area contributed by atoms with Crippen molar-refractivity contribution >= 4 is 11.9 Å². The molecule has 0 aliphatic carbocycles. The van der Waals surface area contributed by atoms with E-state index in [4.69, 9.17) is 0 Å². The van der Waals surface area contributed by atoms with Gasteiger partial charge in [0.2, 0.25) is 0 Å². The van der Waals surface area contributed by atoms with Gasteiger partial charge in [-0.05, 0) is 6.42 Å². The van der Waals surface area contributed by atoms with E-state index >= 15 is 0 Å². The fourth-order valence-corrected chi connectivity index (χ4v) is 3.19. The normalized spacial score (nSPS) is 10.7. The third kappa shape index (κ3) is 21.1. The largest absolute Gasteiger partial charge is 0.355 e. The van der Waals surface area contributed by atoms with Crippen LogP contribution in [0.3, 0.4) is 0 Å². The number of carbonyl (C=O) groups excluding carboxylic acids is 2. The average Bonchev–Trinajstić information content (AvgIpc) is 2.68. The molecule has 0 aliphatic heterocycles. The molecular formula is C23H44O4. The fraction of sp³-hybridized carbons (Fsp3) is 0.913. The Kier molecular flexibility index (Phi) is 20.4. The van der Waals surface area contributed by atoms with Crippen LogP contribution in [-0.2, 0) is 19.4 Å². The van der Waals surface area contributed by atoms with Gasteiger partial charge in [-0.15, -0.1) is 0 Å². The summed E-state index contributed by atoms with van der Waals surface area (Å²) in [7, 11) is 0. The summed E-state index contributed by atoms with van der Waals surface area (Å²) in [5.74, 6) is -0.955. The van der Waals surface area contributed by atoms with Crippen molar-refractivity contribution in [3.8, 4) is 0 Å². The molecule has 0 aromatic carbocycles. The molecule has 0 radical (unpaired) electrons. The maximum atomic E-state index is 11.3. The van der Waals surface area contributed by atoms with E-state index in [-0.39, 0.29) is 6.42 Å². The van der Waals surface area contributed by atoms with Crippen molar-refractivity contribution in [1.29, 1.82) is 0 Å². The summed E-state index contributed by atoms with van der Waals surface area (Å²) >= 11 is 0. The Labute approximate surface area is 167 Å². The lowest BCUT2D eigenvalue weighted by Crippen LogP contribution is -2.10. The van der Waals surface area contributed by atoms with Gasteiger partial charge in [-0.1, -0.05) is 117 Å². The molecule has 0 aromatic heterocycles. The first-order valence-corrected chi connectivity index (χ1v) is 11.6. The van der Waals surface area contributed by atoms with Crippen LogP contribution in [-0.4, -0.2) is 11.9 Å². The van der Waals surface area contributed by atoms with Crippen molar-refractivity contribution in [2.24, 2.45) is 0 Å². The molecule has 0 rings (SSSR count). The van der Waals surface area contributed by atoms with E-state index in [1.54, 1.807) is 6.92 Å². The topological polar surface area (TPSA) is 52.6 Å². The molecular weight excluding hydrogens is 340 g/mol. The van der Waals surface area contributed by atoms with E-state index in [0.717, 1.165) is 12.8 Å². The molecule has 0 fully saturated rings. The van der Waals surface area contributed by atoms with Crippen LogP contribution in [0, 0.1) is 0 Å². The molecule has 0 atom stereocenters. The molecule has 0 heterocycles. The van der Waals surface area contributed by atoms with Gasteiger partial charge in [-0.25, -0.2) is 19.4 Å². The van der Waals surface area contributed by atoms with E-state index in [0.29, 0.717) is 6.42 Å². The van der Waals surface area contributed by atoms with Gasteiger partial charge in [0.1, 0.15) is 0 Å². The predicted octanol–water partition coefficient (Wildman–Crippen LogP) is 7.44. The van der Waals surface area contributed by atoms with E-state index in [9.17, 15) is 9.59 Å². The second-order valence-electron chi connectivity index (χ2n) is 7.67. The van der Waals surface area contributed by atoms with E-state index < -0.39 is 11.9 Å². The standard InChI is InChI=1S/C23H44O4/c1-3-5-6-7-8-9-10-11-12-13-14-15-16-17-18-19-20-21-23(25)27-26-22(24)4-2/h3-21H2,1-2H3. The summed E-state index contributed by atoms with van der Waals surface area (Å²) in [6.07, 6.45) is 22.9. The number of hydrogen-bond donors (Lipinski definition) is 0. The van der Waals surface area contributed by atoms with Gasteiger partial charge < -0.3 is 0 Å². The van der Waals surface area contributed by atoms with Crippen LogP contribution in [0.5, 0.6) is 0 Å². The molecule has 4 nitrogen and oxygen atoms in total. The molecule has 0 spiro atoms. The Morgan fingerprint density at radius 3 is 1.19 bits per heavy atom. The minimum Gasteiger partial charge on any atom is -0.247 e. The highest BCUT2D eigenvalue weighted by molar-refractivity contribution is 5.72. The lowest BCUT2D eigenvalue weighted by atomic mass is 10.0. The van der Waals surface area contributed by atoms with E-state index in [2.05, 4.69) is 16.7 Å². The Morgan fingerprint density at radius 2 is 0.815 bits per heavy atom. The van der Waals surface area contributed by atoms with Crippen LogP contribution in [0.25, 0.3) is 0 Å². The van der Waals surface area contributed by atoms with Crippen LogP contribution < -0.4 is 0 Å². The van der Waals surface area contributed by atoms with Crippen molar-refractivity contribution in [2.75, 3.05) is 0 Å². The van der Waals surface area contributed by atoms with Crippen LogP contribution in [0.15, 0.2) is 0 Å². The number of rotatable bonds is 19. The van der Waals surface area contributed by atoms with Gasteiger partial charge in [-0.2, -0.15) is 0 Å². The molecule has 0 saturated heterocycles. The lowest BCUT2D eigenvalue weighted by Gasteiger charge is -2.04. The SMILES string of the molecule is CCCCCCCCCCCCCCCCCCCC(=O)OOC(=O)CC.